The van der Waals surface area contributed by atoms with E-state index in [2.05, 4.69) is 31.2 Å². The van der Waals surface area contributed by atoms with Crippen LogP contribution in [0.5, 0.6) is 0 Å². The Morgan fingerprint density at radius 2 is 1.67 bits per heavy atom. The van der Waals surface area contributed by atoms with Crippen molar-refractivity contribution in [1.82, 2.24) is 0 Å². The minimum absolute atomic E-state index is 0. The molecule has 0 aliphatic rings. The summed E-state index contributed by atoms with van der Waals surface area (Å²) in [5.41, 5.74) is 1.41. The fraction of sp³-hybridized carbons (Fsp3) is 0.250. The van der Waals surface area contributed by atoms with Crippen LogP contribution in [0.3, 0.4) is 0 Å². The maximum absolute atomic E-state index is 2.16. The fourth-order valence-electron chi connectivity index (χ4n) is 0.714. The molecular formula is C8H11Na. The van der Waals surface area contributed by atoms with Crippen molar-refractivity contribution in [3.05, 3.63) is 35.9 Å². The van der Waals surface area contributed by atoms with Gasteiger partial charge in [0.15, 0.2) is 0 Å². The molecule has 0 saturated heterocycles. The van der Waals surface area contributed by atoms with Gasteiger partial charge in [0, 0.05) is 0 Å². The molecule has 1 aromatic carbocycles. The Hall–Kier alpha value is 0.220. The summed E-state index contributed by atoms with van der Waals surface area (Å²) in [5, 5.41) is 0. The van der Waals surface area contributed by atoms with Crippen LogP contribution in [0.1, 0.15) is 12.5 Å². The Balaban J connectivity index is 0.000000640. The average Bonchev–Trinajstić information content (AvgIpc) is 1.90. The zero-order valence-corrected chi connectivity index (χ0v) is 5.09. The quantitative estimate of drug-likeness (QED) is 0.506. The van der Waals surface area contributed by atoms with Crippen LogP contribution < -0.4 is 0 Å². The van der Waals surface area contributed by atoms with Gasteiger partial charge in [-0.15, -0.1) is 0 Å². The third kappa shape index (κ3) is 3.04. The first-order valence-corrected chi connectivity index (χ1v) is 2.97. The molecule has 0 nitrogen and oxygen atoms in total. The summed E-state index contributed by atoms with van der Waals surface area (Å²) < 4.78 is 0. The molecule has 1 aromatic rings. The Morgan fingerprint density at radius 3 is 2.00 bits per heavy atom. The van der Waals surface area contributed by atoms with Gasteiger partial charge < -0.3 is 0 Å². The van der Waals surface area contributed by atoms with Gasteiger partial charge in [0.25, 0.3) is 0 Å². The molecule has 0 atom stereocenters. The molecular weight excluding hydrogens is 119 g/mol. The van der Waals surface area contributed by atoms with E-state index in [4.69, 9.17) is 0 Å². The van der Waals surface area contributed by atoms with Gasteiger partial charge in [0.1, 0.15) is 0 Å². The number of hydrogen-bond acceptors (Lipinski definition) is 0. The zero-order valence-electron chi connectivity index (χ0n) is 5.09. The second-order valence-electron chi connectivity index (χ2n) is 1.84. The van der Waals surface area contributed by atoms with E-state index >= 15 is 0 Å². The molecule has 0 spiro atoms. The Labute approximate surface area is 78.6 Å². The van der Waals surface area contributed by atoms with Crippen LogP contribution in [0.25, 0.3) is 0 Å². The normalized spacial score (nSPS) is 8.11. The van der Waals surface area contributed by atoms with Crippen LogP contribution in [0, 0.1) is 0 Å². The van der Waals surface area contributed by atoms with E-state index in [0.29, 0.717) is 0 Å². The molecule has 0 unspecified atom stereocenters. The molecule has 0 bridgehead atoms. The molecule has 0 heterocycles. The van der Waals surface area contributed by atoms with Gasteiger partial charge in [-0.25, -0.2) is 0 Å². The van der Waals surface area contributed by atoms with Gasteiger partial charge in [0.2, 0.25) is 0 Å². The summed E-state index contributed by atoms with van der Waals surface area (Å²) in [6.45, 7) is 2.16. The second kappa shape index (κ2) is 5.04. The second-order valence-corrected chi connectivity index (χ2v) is 1.84. The number of rotatable bonds is 1. The summed E-state index contributed by atoms with van der Waals surface area (Å²) >= 11 is 0. The summed E-state index contributed by atoms with van der Waals surface area (Å²) in [6, 6.07) is 10.5. The summed E-state index contributed by atoms with van der Waals surface area (Å²) in [4.78, 5) is 0. The SMILES string of the molecule is CCc1ccccc1.[NaH]. The van der Waals surface area contributed by atoms with Gasteiger partial charge in [-0.2, -0.15) is 0 Å². The van der Waals surface area contributed by atoms with E-state index in [9.17, 15) is 0 Å². The van der Waals surface area contributed by atoms with Crippen LogP contribution in [-0.4, -0.2) is 29.6 Å². The molecule has 0 saturated carbocycles. The van der Waals surface area contributed by atoms with Crippen LogP contribution in [0.15, 0.2) is 30.3 Å². The van der Waals surface area contributed by atoms with E-state index in [1.807, 2.05) is 6.07 Å². The van der Waals surface area contributed by atoms with Crippen LogP contribution in [0.2, 0.25) is 0 Å². The zero-order chi connectivity index (χ0) is 5.82. The monoisotopic (exact) mass is 130 g/mol. The molecule has 1 heteroatoms. The third-order valence-electron chi connectivity index (χ3n) is 1.25. The van der Waals surface area contributed by atoms with E-state index in [0.717, 1.165) is 6.42 Å². The Kier molecular flexibility index (Phi) is 5.16. The molecule has 0 aromatic heterocycles. The first-order valence-electron chi connectivity index (χ1n) is 2.97. The predicted octanol–water partition coefficient (Wildman–Crippen LogP) is 1.60. The molecule has 9 heavy (non-hydrogen) atoms. The molecule has 0 N–H and O–H groups in total. The molecule has 1 rings (SSSR count). The molecule has 0 fully saturated rings. The van der Waals surface area contributed by atoms with Gasteiger partial charge >= 0.3 is 29.6 Å². The number of benzene rings is 1. The maximum atomic E-state index is 2.16. The van der Waals surface area contributed by atoms with Crippen molar-refractivity contribution >= 4 is 29.6 Å². The molecule has 0 amide bonds. The van der Waals surface area contributed by atoms with Crippen molar-refractivity contribution in [2.45, 2.75) is 13.3 Å². The predicted molar refractivity (Wildman–Crippen MR) is 43.0 cm³/mol. The van der Waals surface area contributed by atoms with E-state index < -0.39 is 0 Å². The van der Waals surface area contributed by atoms with E-state index in [1.54, 1.807) is 0 Å². The topological polar surface area (TPSA) is 0 Å². The van der Waals surface area contributed by atoms with Gasteiger partial charge in [0.05, 0.1) is 0 Å². The van der Waals surface area contributed by atoms with Crippen molar-refractivity contribution < 1.29 is 0 Å². The van der Waals surface area contributed by atoms with E-state index in [-0.39, 0.29) is 29.6 Å². The minimum atomic E-state index is 0. The Morgan fingerprint density at radius 1 is 1.11 bits per heavy atom. The first-order chi connectivity index (χ1) is 3.93. The first kappa shape index (κ1) is 9.22. The van der Waals surface area contributed by atoms with E-state index in [1.165, 1.54) is 5.56 Å². The van der Waals surface area contributed by atoms with Crippen LogP contribution in [0.4, 0.5) is 0 Å². The van der Waals surface area contributed by atoms with Crippen molar-refractivity contribution in [2.24, 2.45) is 0 Å². The fourth-order valence-corrected chi connectivity index (χ4v) is 0.714. The van der Waals surface area contributed by atoms with Crippen molar-refractivity contribution in [1.29, 1.82) is 0 Å². The Bertz CT molecular complexity index is 146. The average molecular weight is 130 g/mol. The van der Waals surface area contributed by atoms with Crippen molar-refractivity contribution in [2.75, 3.05) is 0 Å². The summed E-state index contributed by atoms with van der Waals surface area (Å²) in [6.07, 6.45) is 1.14. The third-order valence-corrected chi connectivity index (χ3v) is 1.25. The molecule has 0 aliphatic carbocycles. The van der Waals surface area contributed by atoms with Crippen LogP contribution >= 0.6 is 0 Å². The van der Waals surface area contributed by atoms with Crippen LogP contribution in [-0.2, 0) is 6.42 Å². The van der Waals surface area contributed by atoms with Crippen molar-refractivity contribution in [3.63, 3.8) is 0 Å². The number of hydrogen-bond donors (Lipinski definition) is 0. The van der Waals surface area contributed by atoms with Gasteiger partial charge in [-0.1, -0.05) is 37.3 Å². The molecule has 0 aliphatic heterocycles. The summed E-state index contributed by atoms with van der Waals surface area (Å²) in [7, 11) is 0. The molecule has 0 radical (unpaired) electrons. The summed E-state index contributed by atoms with van der Waals surface area (Å²) in [5.74, 6) is 0. The van der Waals surface area contributed by atoms with Gasteiger partial charge in [-0.05, 0) is 12.0 Å². The van der Waals surface area contributed by atoms with Gasteiger partial charge in [-0.3, -0.25) is 0 Å². The van der Waals surface area contributed by atoms with Crippen molar-refractivity contribution in [3.8, 4) is 0 Å². The molecule has 44 valence electrons. The number of aryl methyl sites for hydroxylation is 1. The standard InChI is InChI=1S/C8H10.Na.H/c1-2-8-6-4-3-5-7-8;;/h3-7H,2H2,1H3;;.